The van der Waals surface area contributed by atoms with E-state index in [0.717, 1.165) is 62.8 Å². The average Bonchev–Trinajstić information content (AvgIpc) is 2.71. The number of nitriles is 1. The lowest BCUT2D eigenvalue weighted by molar-refractivity contribution is 0.331. The van der Waals surface area contributed by atoms with E-state index in [9.17, 15) is 5.26 Å². The van der Waals surface area contributed by atoms with Crippen molar-refractivity contribution in [3.63, 3.8) is 0 Å². The highest BCUT2D eigenvalue weighted by atomic mass is 127. The van der Waals surface area contributed by atoms with Crippen LogP contribution in [0, 0.1) is 11.3 Å². The summed E-state index contributed by atoms with van der Waals surface area (Å²) in [6, 6.07) is 10.5. The number of nitrogens with one attached hydrogen (secondary N) is 2. The lowest BCUT2D eigenvalue weighted by Gasteiger charge is -2.35. The summed E-state index contributed by atoms with van der Waals surface area (Å²) >= 11 is 0. The highest BCUT2D eigenvalue weighted by Gasteiger charge is 2.22. The number of nitrogens with zero attached hydrogens (tertiary/aromatic N) is 4. The minimum Gasteiger partial charge on any atom is -0.368 e. The lowest BCUT2D eigenvalue weighted by Crippen LogP contribution is -2.52. The number of hydrogen-bond acceptors (Lipinski definition) is 4. The van der Waals surface area contributed by atoms with Crippen molar-refractivity contribution in [3.05, 3.63) is 29.8 Å². The fourth-order valence-electron chi connectivity index (χ4n) is 3.45. The molecule has 0 spiro atoms. The van der Waals surface area contributed by atoms with Crippen LogP contribution in [-0.2, 0) is 0 Å². The topological polar surface area (TPSA) is 66.7 Å². The number of para-hydroxylation sites is 1. The van der Waals surface area contributed by atoms with Crippen LogP contribution in [0.3, 0.4) is 0 Å². The first-order valence-electron chi connectivity index (χ1n) is 10.1. The molecule has 1 heterocycles. The van der Waals surface area contributed by atoms with Crippen molar-refractivity contribution in [3.8, 4) is 6.07 Å². The minimum atomic E-state index is 0. The van der Waals surface area contributed by atoms with Gasteiger partial charge in [0.1, 0.15) is 6.07 Å². The van der Waals surface area contributed by atoms with Gasteiger partial charge in [-0.05, 0) is 45.0 Å². The molecule has 0 bridgehead atoms. The van der Waals surface area contributed by atoms with Gasteiger partial charge in [-0.15, -0.1) is 24.0 Å². The lowest BCUT2D eigenvalue weighted by atomic mass is 10.0. The molecule has 1 aliphatic rings. The van der Waals surface area contributed by atoms with Gasteiger partial charge in [-0.3, -0.25) is 4.99 Å². The van der Waals surface area contributed by atoms with Crippen LogP contribution in [0.15, 0.2) is 29.3 Å². The molecule has 156 valence electrons. The monoisotopic (exact) mass is 498 g/mol. The second kappa shape index (κ2) is 13.6. The van der Waals surface area contributed by atoms with Crippen LogP contribution in [0.1, 0.15) is 38.2 Å². The van der Waals surface area contributed by atoms with Crippen LogP contribution in [0.2, 0.25) is 0 Å². The molecule has 1 fully saturated rings. The van der Waals surface area contributed by atoms with Crippen molar-refractivity contribution in [2.75, 3.05) is 51.7 Å². The summed E-state index contributed by atoms with van der Waals surface area (Å²) in [5.74, 6) is 0.860. The number of unbranched alkanes of at least 4 members (excludes halogenated alkanes) is 1. The third-order valence-electron chi connectivity index (χ3n) is 5.03. The fourth-order valence-corrected chi connectivity index (χ4v) is 3.45. The first kappa shape index (κ1) is 24.5. The largest absolute Gasteiger partial charge is 0.368 e. The Balaban J connectivity index is 0.00000392. The third-order valence-corrected chi connectivity index (χ3v) is 5.03. The van der Waals surface area contributed by atoms with E-state index in [1.54, 1.807) is 0 Å². The molecule has 1 aliphatic heterocycles. The van der Waals surface area contributed by atoms with Crippen LogP contribution < -0.4 is 15.5 Å². The maximum Gasteiger partial charge on any atom is 0.191 e. The molecule has 0 saturated carbocycles. The molecule has 28 heavy (non-hydrogen) atoms. The van der Waals surface area contributed by atoms with Crippen LogP contribution in [0.25, 0.3) is 0 Å². The number of benzene rings is 1. The van der Waals surface area contributed by atoms with Crippen LogP contribution >= 0.6 is 24.0 Å². The Bertz CT molecular complexity index is 642. The molecular weight excluding hydrogens is 463 g/mol. The molecule has 1 aromatic carbocycles. The van der Waals surface area contributed by atoms with Crippen molar-refractivity contribution in [2.45, 2.75) is 38.6 Å². The van der Waals surface area contributed by atoms with E-state index in [1.807, 2.05) is 31.3 Å². The molecule has 0 aromatic heterocycles. The molecule has 6 nitrogen and oxygen atoms in total. The van der Waals surface area contributed by atoms with E-state index in [2.05, 4.69) is 45.5 Å². The van der Waals surface area contributed by atoms with Crippen molar-refractivity contribution in [1.29, 1.82) is 5.26 Å². The number of likely N-dealkylation sites (N-methyl/N-ethyl adjacent to an activating group) is 1. The van der Waals surface area contributed by atoms with E-state index < -0.39 is 0 Å². The average molecular weight is 498 g/mol. The van der Waals surface area contributed by atoms with Gasteiger partial charge >= 0.3 is 0 Å². The van der Waals surface area contributed by atoms with Crippen molar-refractivity contribution in [1.82, 2.24) is 15.5 Å². The summed E-state index contributed by atoms with van der Waals surface area (Å²) < 4.78 is 0. The van der Waals surface area contributed by atoms with Gasteiger partial charge in [0.25, 0.3) is 0 Å². The molecule has 2 N–H and O–H groups in total. The summed E-state index contributed by atoms with van der Waals surface area (Å²) in [5, 5.41) is 16.4. The van der Waals surface area contributed by atoms with Crippen LogP contribution in [0.5, 0.6) is 0 Å². The number of hydrogen-bond donors (Lipinski definition) is 2. The predicted molar refractivity (Wildman–Crippen MR) is 129 cm³/mol. The number of halogens is 1. The van der Waals surface area contributed by atoms with Gasteiger partial charge < -0.3 is 20.4 Å². The van der Waals surface area contributed by atoms with E-state index >= 15 is 0 Å². The van der Waals surface area contributed by atoms with Crippen molar-refractivity contribution >= 4 is 35.6 Å². The molecule has 2 rings (SSSR count). The zero-order valence-corrected chi connectivity index (χ0v) is 19.8. The zero-order valence-electron chi connectivity index (χ0n) is 17.4. The number of aliphatic imine (C=N–C) groups is 1. The highest BCUT2D eigenvalue weighted by molar-refractivity contribution is 14.0. The van der Waals surface area contributed by atoms with Gasteiger partial charge in [0.2, 0.25) is 0 Å². The fraction of sp³-hybridized carbons (Fsp3) is 0.619. The van der Waals surface area contributed by atoms with Gasteiger partial charge in [-0.1, -0.05) is 25.5 Å². The molecule has 1 saturated heterocycles. The first-order chi connectivity index (χ1) is 13.2. The Hall–Kier alpha value is -1.53. The zero-order chi connectivity index (χ0) is 19.5. The Morgan fingerprint density at radius 2 is 2.14 bits per heavy atom. The Morgan fingerprint density at radius 3 is 2.86 bits per heavy atom. The summed E-state index contributed by atoms with van der Waals surface area (Å²) in [4.78, 5) is 9.04. The third kappa shape index (κ3) is 7.84. The summed E-state index contributed by atoms with van der Waals surface area (Å²) in [6.07, 6.45) is 4.69. The maximum absolute atomic E-state index is 9.37. The summed E-state index contributed by atoms with van der Waals surface area (Å²) in [7, 11) is 3.99. The Labute approximate surface area is 187 Å². The molecule has 0 amide bonds. The molecule has 0 aliphatic carbocycles. The van der Waals surface area contributed by atoms with Gasteiger partial charge in [0, 0.05) is 39.3 Å². The summed E-state index contributed by atoms with van der Waals surface area (Å²) in [5.41, 5.74) is 1.78. The van der Waals surface area contributed by atoms with Gasteiger partial charge in [-0.25, -0.2) is 0 Å². The molecule has 1 atom stereocenters. The van der Waals surface area contributed by atoms with Crippen LogP contribution in [0.4, 0.5) is 5.69 Å². The number of rotatable bonds is 8. The number of piperidine rings is 1. The first-order valence-corrected chi connectivity index (χ1v) is 10.1. The predicted octanol–water partition coefficient (Wildman–Crippen LogP) is 3.04. The van der Waals surface area contributed by atoms with E-state index in [-0.39, 0.29) is 24.0 Å². The van der Waals surface area contributed by atoms with E-state index in [0.29, 0.717) is 6.04 Å². The van der Waals surface area contributed by atoms with Crippen LogP contribution in [-0.4, -0.2) is 63.7 Å². The second-order valence-corrected chi connectivity index (χ2v) is 7.21. The number of guanidine groups is 1. The number of anilines is 1. The van der Waals surface area contributed by atoms with Gasteiger partial charge in [0.15, 0.2) is 5.96 Å². The highest BCUT2D eigenvalue weighted by Crippen LogP contribution is 2.23. The standard InChI is InChI=1S/C21H34N6.HI/c1-4-5-13-26(3)15-12-24-21(23-2)25-19-10-8-14-27(17-19)20-11-7-6-9-18(20)16-22;/h6-7,9,11,19H,4-5,8,10,12-15,17H2,1-3H3,(H2,23,24,25);1H. The Morgan fingerprint density at radius 1 is 1.36 bits per heavy atom. The normalized spacial score (nSPS) is 17.0. The summed E-state index contributed by atoms with van der Waals surface area (Å²) in [6.45, 7) is 7.13. The Kier molecular flexibility index (Phi) is 11.9. The quantitative estimate of drug-likeness (QED) is 0.328. The second-order valence-electron chi connectivity index (χ2n) is 7.21. The van der Waals surface area contributed by atoms with Gasteiger partial charge in [0.05, 0.1) is 11.3 Å². The molecular formula is C21H35IN6. The van der Waals surface area contributed by atoms with Crippen molar-refractivity contribution in [2.24, 2.45) is 4.99 Å². The molecule has 1 unspecified atom stereocenters. The van der Waals surface area contributed by atoms with E-state index in [1.165, 1.54) is 12.8 Å². The minimum absolute atomic E-state index is 0. The van der Waals surface area contributed by atoms with Gasteiger partial charge in [-0.2, -0.15) is 5.26 Å². The smallest absolute Gasteiger partial charge is 0.191 e. The molecule has 0 radical (unpaired) electrons. The van der Waals surface area contributed by atoms with E-state index in [4.69, 9.17) is 0 Å². The SMILES string of the molecule is CCCCN(C)CCNC(=NC)NC1CCCN(c2ccccc2C#N)C1.I. The molecule has 1 aromatic rings. The molecule has 7 heteroatoms. The maximum atomic E-state index is 9.37. The van der Waals surface area contributed by atoms with Crippen molar-refractivity contribution < 1.29 is 0 Å².